The first-order valence-corrected chi connectivity index (χ1v) is 14.1. The van der Waals surface area contributed by atoms with Crippen molar-refractivity contribution in [2.75, 3.05) is 16.4 Å². The molecule has 0 aliphatic heterocycles. The summed E-state index contributed by atoms with van der Waals surface area (Å²) in [6.07, 6.45) is 3.40. The fourth-order valence-corrected chi connectivity index (χ4v) is 4.86. The first-order valence-electron chi connectivity index (χ1n) is 13.1. The molecule has 1 heterocycles. The number of hydrogen-bond acceptors (Lipinski definition) is 6. The van der Waals surface area contributed by atoms with Crippen molar-refractivity contribution < 1.29 is 19.3 Å². The Morgan fingerprint density at radius 2 is 1.47 bits per heavy atom. The van der Waals surface area contributed by atoms with Gasteiger partial charge in [-0.05, 0) is 60.7 Å². The average molecular weight is 592 g/mol. The quantitative estimate of drug-likeness (QED) is 0.0657. The highest BCUT2D eigenvalue weighted by molar-refractivity contribution is 8.00. The number of rotatable bonds is 10. The molecule has 1 aromatic heterocycles. The molecule has 214 valence electrons. The highest BCUT2D eigenvalue weighted by atomic mass is 32.2. The Morgan fingerprint density at radius 3 is 2.19 bits per heavy atom. The van der Waals surface area contributed by atoms with E-state index in [4.69, 9.17) is 0 Å². The second-order valence-corrected chi connectivity index (χ2v) is 10.3. The van der Waals surface area contributed by atoms with Crippen LogP contribution in [0, 0.1) is 10.1 Å². The van der Waals surface area contributed by atoms with Crippen LogP contribution in [0.3, 0.4) is 0 Å². The number of hydrogen-bond donors (Lipinski definition) is 4. The fraction of sp³-hybridized carbons (Fsp3) is 0.0312. The van der Waals surface area contributed by atoms with Crippen LogP contribution in [-0.2, 0) is 9.59 Å². The number of fused-ring (bicyclic) bond motifs is 1. The SMILES string of the molecule is O=C(CSc1ccc(NC(=O)/C(=C/c2c[nH]c3ccccc23)NC(=O)c2ccccc2)cc1)Nc1ccc([N+](=O)[O-])cc1. The second kappa shape index (κ2) is 13.3. The lowest BCUT2D eigenvalue weighted by Gasteiger charge is -2.12. The van der Waals surface area contributed by atoms with Crippen molar-refractivity contribution in [2.45, 2.75) is 4.90 Å². The van der Waals surface area contributed by atoms with Crippen LogP contribution in [0.4, 0.5) is 17.1 Å². The smallest absolute Gasteiger partial charge is 0.272 e. The number of nitro benzene ring substituents is 1. The van der Waals surface area contributed by atoms with E-state index in [1.54, 1.807) is 66.9 Å². The number of amides is 3. The van der Waals surface area contributed by atoms with Crippen molar-refractivity contribution in [3.63, 3.8) is 0 Å². The predicted octanol–water partition coefficient (Wildman–Crippen LogP) is 6.22. The number of carbonyl (C=O) groups excluding carboxylic acids is 3. The lowest BCUT2D eigenvalue weighted by Crippen LogP contribution is -2.30. The molecule has 5 aromatic rings. The van der Waals surface area contributed by atoms with E-state index >= 15 is 0 Å². The number of anilines is 2. The van der Waals surface area contributed by atoms with Crippen molar-refractivity contribution in [1.82, 2.24) is 10.3 Å². The van der Waals surface area contributed by atoms with Crippen LogP contribution in [0.15, 0.2) is 120 Å². The van der Waals surface area contributed by atoms with Gasteiger partial charge in [0.2, 0.25) is 5.91 Å². The highest BCUT2D eigenvalue weighted by Gasteiger charge is 2.16. The predicted molar refractivity (Wildman–Crippen MR) is 168 cm³/mol. The maximum absolute atomic E-state index is 13.4. The van der Waals surface area contributed by atoms with Gasteiger partial charge >= 0.3 is 0 Å². The first kappa shape index (κ1) is 28.8. The minimum absolute atomic E-state index is 0.0568. The molecule has 10 nitrogen and oxygen atoms in total. The average Bonchev–Trinajstić information content (AvgIpc) is 3.43. The summed E-state index contributed by atoms with van der Waals surface area (Å²) in [5.74, 6) is -1.07. The standard InChI is InChI=1S/C32H25N5O5S/c38-30(34-23-10-14-25(15-11-23)37(41)42)20-43-26-16-12-24(13-17-26)35-32(40)29(36-31(39)21-6-2-1-3-7-21)18-22-19-33-28-9-5-4-8-27(22)28/h1-19,33H,20H2,(H,34,38)(H,35,40)(H,36,39)/b29-18-. The molecular weight excluding hydrogens is 566 g/mol. The van der Waals surface area contributed by atoms with Gasteiger partial charge in [0.1, 0.15) is 5.70 Å². The molecule has 0 saturated carbocycles. The van der Waals surface area contributed by atoms with Gasteiger partial charge in [0, 0.05) is 56.6 Å². The zero-order chi connectivity index (χ0) is 30.2. The van der Waals surface area contributed by atoms with Crippen LogP contribution in [0.5, 0.6) is 0 Å². The van der Waals surface area contributed by atoms with Gasteiger partial charge in [-0.1, -0.05) is 36.4 Å². The number of benzene rings is 4. The summed E-state index contributed by atoms with van der Waals surface area (Å²) in [5.41, 5.74) is 3.04. The van der Waals surface area contributed by atoms with Gasteiger partial charge in [0.15, 0.2) is 0 Å². The summed E-state index contributed by atoms with van der Waals surface area (Å²) in [4.78, 5) is 52.9. The van der Waals surface area contributed by atoms with Gasteiger partial charge in [-0.25, -0.2) is 0 Å². The van der Waals surface area contributed by atoms with Gasteiger partial charge < -0.3 is 20.9 Å². The molecule has 0 atom stereocenters. The Labute approximate surface area is 250 Å². The van der Waals surface area contributed by atoms with E-state index in [0.717, 1.165) is 21.4 Å². The zero-order valence-electron chi connectivity index (χ0n) is 22.6. The number of non-ortho nitro benzene ring substituents is 1. The normalized spacial score (nSPS) is 11.1. The zero-order valence-corrected chi connectivity index (χ0v) is 23.4. The van der Waals surface area contributed by atoms with Gasteiger partial charge in [-0.2, -0.15) is 0 Å². The van der Waals surface area contributed by atoms with Gasteiger partial charge in [-0.3, -0.25) is 24.5 Å². The highest BCUT2D eigenvalue weighted by Crippen LogP contribution is 2.23. The number of thioether (sulfide) groups is 1. The van der Waals surface area contributed by atoms with Crippen LogP contribution in [0.2, 0.25) is 0 Å². The second-order valence-electron chi connectivity index (χ2n) is 9.29. The van der Waals surface area contributed by atoms with E-state index in [1.807, 2.05) is 24.3 Å². The summed E-state index contributed by atoms with van der Waals surface area (Å²) in [7, 11) is 0. The molecule has 0 fully saturated rings. The Bertz CT molecular complexity index is 1820. The van der Waals surface area contributed by atoms with Crippen LogP contribution in [0.1, 0.15) is 15.9 Å². The Balaban J connectivity index is 1.24. The number of aromatic amines is 1. The largest absolute Gasteiger partial charge is 0.361 e. The number of aromatic nitrogens is 1. The van der Waals surface area contributed by atoms with Crippen LogP contribution < -0.4 is 16.0 Å². The Kier molecular flexibility index (Phi) is 8.93. The summed E-state index contributed by atoms with van der Waals surface area (Å²) in [5, 5.41) is 20.0. The molecule has 5 rings (SSSR count). The van der Waals surface area contributed by atoms with Crippen molar-refractivity contribution in [3.05, 3.63) is 136 Å². The van der Waals surface area contributed by atoms with E-state index in [2.05, 4.69) is 20.9 Å². The molecule has 0 aliphatic rings. The molecule has 0 spiro atoms. The molecule has 0 bridgehead atoms. The van der Waals surface area contributed by atoms with E-state index in [0.29, 0.717) is 16.9 Å². The van der Waals surface area contributed by atoms with E-state index in [9.17, 15) is 24.5 Å². The summed E-state index contributed by atoms with van der Waals surface area (Å²) in [6, 6.07) is 28.8. The van der Waals surface area contributed by atoms with Gasteiger partial charge in [0.05, 0.1) is 10.7 Å². The lowest BCUT2D eigenvalue weighted by molar-refractivity contribution is -0.384. The molecule has 0 radical (unpaired) electrons. The molecule has 3 amide bonds. The third-order valence-electron chi connectivity index (χ3n) is 6.29. The van der Waals surface area contributed by atoms with E-state index in [-0.39, 0.29) is 23.0 Å². The minimum Gasteiger partial charge on any atom is -0.361 e. The number of H-pyrrole nitrogens is 1. The fourth-order valence-electron chi connectivity index (χ4n) is 4.16. The summed E-state index contributed by atoms with van der Waals surface area (Å²) < 4.78 is 0. The van der Waals surface area contributed by atoms with Crippen molar-refractivity contribution >= 4 is 63.5 Å². The van der Waals surface area contributed by atoms with Gasteiger partial charge in [-0.15, -0.1) is 11.8 Å². The van der Waals surface area contributed by atoms with Crippen molar-refractivity contribution in [3.8, 4) is 0 Å². The molecule has 4 N–H and O–H groups in total. The maximum atomic E-state index is 13.4. The Morgan fingerprint density at radius 1 is 0.814 bits per heavy atom. The van der Waals surface area contributed by atoms with Gasteiger partial charge in [0.25, 0.3) is 17.5 Å². The molecule has 0 unspecified atom stereocenters. The molecular formula is C32H25N5O5S. The molecule has 43 heavy (non-hydrogen) atoms. The summed E-state index contributed by atoms with van der Waals surface area (Å²) in [6.45, 7) is 0. The number of nitro groups is 1. The minimum atomic E-state index is -0.505. The van der Waals surface area contributed by atoms with E-state index < -0.39 is 16.7 Å². The number of nitrogens with zero attached hydrogens (tertiary/aromatic N) is 1. The first-order chi connectivity index (χ1) is 20.9. The van der Waals surface area contributed by atoms with Crippen molar-refractivity contribution in [1.29, 1.82) is 0 Å². The number of nitrogens with one attached hydrogen (secondary N) is 4. The van der Waals surface area contributed by atoms with Crippen molar-refractivity contribution in [2.24, 2.45) is 0 Å². The lowest BCUT2D eigenvalue weighted by atomic mass is 10.1. The third-order valence-corrected chi connectivity index (χ3v) is 7.31. The molecule has 0 aliphatic carbocycles. The maximum Gasteiger partial charge on any atom is 0.272 e. The monoisotopic (exact) mass is 591 g/mol. The molecule has 4 aromatic carbocycles. The molecule has 11 heteroatoms. The summed E-state index contributed by atoms with van der Waals surface area (Å²) >= 11 is 1.29. The van der Waals surface area contributed by atoms with Crippen LogP contribution in [0.25, 0.3) is 17.0 Å². The van der Waals surface area contributed by atoms with E-state index in [1.165, 1.54) is 36.0 Å². The molecule has 0 saturated heterocycles. The van der Waals surface area contributed by atoms with Crippen LogP contribution in [-0.4, -0.2) is 33.4 Å². The van der Waals surface area contributed by atoms with Crippen LogP contribution >= 0.6 is 11.8 Å². The third kappa shape index (κ3) is 7.54. The number of carbonyl (C=O) groups is 3. The Hall–Kier alpha value is -5.68. The topological polar surface area (TPSA) is 146 Å². The number of para-hydroxylation sites is 1.